The predicted octanol–water partition coefficient (Wildman–Crippen LogP) is 2.33. The fraction of sp³-hybridized carbons (Fsp3) is 0.526. The second kappa shape index (κ2) is 9.17. The Morgan fingerprint density at radius 2 is 2.10 bits per heavy atom. The smallest absolute Gasteiger partial charge is 0.303 e. The lowest BCUT2D eigenvalue weighted by molar-refractivity contribution is -0.138. The summed E-state index contributed by atoms with van der Waals surface area (Å²) in [6.07, 6.45) is 1.46. The number of sulfone groups is 1. The molecule has 29 heavy (non-hydrogen) atoms. The van der Waals surface area contributed by atoms with Gasteiger partial charge in [0, 0.05) is 23.4 Å². The molecule has 2 fully saturated rings. The van der Waals surface area contributed by atoms with Crippen LogP contribution in [0.3, 0.4) is 0 Å². The highest BCUT2D eigenvalue weighted by Crippen LogP contribution is 2.41. The fourth-order valence-corrected chi connectivity index (χ4v) is 7.23. The summed E-state index contributed by atoms with van der Waals surface area (Å²) in [5, 5.41) is 8.97. The molecular formula is C19H24N2O6S2. The van der Waals surface area contributed by atoms with Crippen molar-refractivity contribution >= 4 is 44.3 Å². The molecule has 8 nitrogen and oxygen atoms in total. The number of aliphatic imine (C=N–C) groups is 1. The first kappa shape index (κ1) is 21.6. The predicted molar refractivity (Wildman–Crippen MR) is 112 cm³/mol. The van der Waals surface area contributed by atoms with Crippen molar-refractivity contribution in [3.05, 3.63) is 24.3 Å². The summed E-state index contributed by atoms with van der Waals surface area (Å²) in [6, 6.07) is 6.99. The maximum absolute atomic E-state index is 12.1. The van der Waals surface area contributed by atoms with Crippen molar-refractivity contribution in [3.63, 3.8) is 0 Å². The molecule has 1 amide bonds. The van der Waals surface area contributed by atoms with E-state index in [9.17, 15) is 18.0 Å². The molecule has 1 aromatic rings. The van der Waals surface area contributed by atoms with Gasteiger partial charge < -0.3 is 14.7 Å². The summed E-state index contributed by atoms with van der Waals surface area (Å²) in [5.41, 5.74) is 0.709. The van der Waals surface area contributed by atoms with Gasteiger partial charge in [-0.1, -0.05) is 31.2 Å². The first-order chi connectivity index (χ1) is 13.8. The molecule has 158 valence electrons. The molecule has 2 heterocycles. The van der Waals surface area contributed by atoms with Crippen LogP contribution in [0.4, 0.5) is 5.69 Å². The van der Waals surface area contributed by atoms with Gasteiger partial charge in [-0.25, -0.2) is 8.42 Å². The standard InChI is InChI=1S/C19H24N2O6S2/c1-2-3-9-27-14-6-4-5-13(10-14)21-15-11-29(25,26)12-16(15)28-19(21)20-17(22)7-8-18(23)24/h4-6,10,15-16H,2-3,7-9,11-12H2,1H3,(H,23,24)/t15-,16+/m0/s1. The number of thioether (sulfide) groups is 1. The summed E-state index contributed by atoms with van der Waals surface area (Å²) in [4.78, 5) is 28.7. The van der Waals surface area contributed by atoms with E-state index >= 15 is 0 Å². The average Bonchev–Trinajstić information content (AvgIpc) is 3.11. The maximum Gasteiger partial charge on any atom is 0.303 e. The van der Waals surface area contributed by atoms with Crippen LogP contribution in [0.15, 0.2) is 29.3 Å². The van der Waals surface area contributed by atoms with Gasteiger partial charge in [0.15, 0.2) is 15.0 Å². The Hall–Kier alpha value is -2.07. The van der Waals surface area contributed by atoms with Gasteiger partial charge in [-0.2, -0.15) is 4.99 Å². The number of hydrogen-bond donors (Lipinski definition) is 1. The summed E-state index contributed by atoms with van der Waals surface area (Å²) in [6.45, 7) is 2.66. The third kappa shape index (κ3) is 5.51. The zero-order valence-electron chi connectivity index (χ0n) is 16.1. The number of carbonyl (C=O) groups excluding carboxylic acids is 1. The summed E-state index contributed by atoms with van der Waals surface area (Å²) in [7, 11) is -3.16. The van der Waals surface area contributed by atoms with Crippen LogP contribution in [-0.2, 0) is 19.4 Å². The minimum absolute atomic E-state index is 0.00603. The average molecular weight is 441 g/mol. The van der Waals surface area contributed by atoms with Crippen molar-refractivity contribution in [1.29, 1.82) is 0 Å². The van der Waals surface area contributed by atoms with E-state index in [4.69, 9.17) is 9.84 Å². The van der Waals surface area contributed by atoms with Crippen LogP contribution in [0.1, 0.15) is 32.6 Å². The van der Waals surface area contributed by atoms with Gasteiger partial charge in [-0.3, -0.25) is 9.59 Å². The Bertz CT molecular complexity index is 915. The van der Waals surface area contributed by atoms with Gasteiger partial charge in [0.25, 0.3) is 0 Å². The van der Waals surface area contributed by atoms with Crippen molar-refractivity contribution in [2.45, 2.75) is 43.9 Å². The number of aliphatic carboxylic acids is 1. The molecule has 0 saturated carbocycles. The normalized spacial score (nSPS) is 23.9. The maximum atomic E-state index is 12.1. The number of benzene rings is 1. The number of anilines is 1. The van der Waals surface area contributed by atoms with Crippen LogP contribution in [-0.4, -0.2) is 60.0 Å². The topological polar surface area (TPSA) is 113 Å². The molecule has 0 aliphatic carbocycles. The zero-order chi connectivity index (χ0) is 21.0. The van der Waals surface area contributed by atoms with Crippen molar-refractivity contribution in [1.82, 2.24) is 0 Å². The first-order valence-electron chi connectivity index (χ1n) is 9.51. The molecule has 2 saturated heterocycles. The van der Waals surface area contributed by atoms with Crippen LogP contribution in [0.5, 0.6) is 5.75 Å². The second-order valence-corrected chi connectivity index (χ2v) is 10.4. The number of nitrogens with zero attached hydrogens (tertiary/aromatic N) is 2. The summed E-state index contributed by atoms with van der Waals surface area (Å²) >= 11 is 1.26. The molecule has 2 atom stereocenters. The van der Waals surface area contributed by atoms with Gasteiger partial charge in [0.05, 0.1) is 30.6 Å². The number of amidine groups is 1. The lowest BCUT2D eigenvalue weighted by Crippen LogP contribution is -2.37. The monoisotopic (exact) mass is 440 g/mol. The van der Waals surface area contributed by atoms with Crippen LogP contribution in [0.2, 0.25) is 0 Å². The van der Waals surface area contributed by atoms with Crippen LogP contribution in [0, 0.1) is 0 Å². The molecule has 0 radical (unpaired) electrons. The van der Waals surface area contributed by atoms with Gasteiger partial charge >= 0.3 is 5.97 Å². The van der Waals surface area contributed by atoms with E-state index in [-0.39, 0.29) is 35.6 Å². The zero-order valence-corrected chi connectivity index (χ0v) is 17.7. The molecule has 2 aliphatic heterocycles. The molecule has 0 aromatic heterocycles. The largest absolute Gasteiger partial charge is 0.494 e. The van der Waals surface area contributed by atoms with E-state index in [1.54, 1.807) is 4.90 Å². The van der Waals surface area contributed by atoms with Crippen molar-refractivity contribution in [2.75, 3.05) is 23.0 Å². The molecule has 10 heteroatoms. The Morgan fingerprint density at radius 1 is 1.31 bits per heavy atom. The fourth-order valence-electron chi connectivity index (χ4n) is 3.30. The van der Waals surface area contributed by atoms with Crippen molar-refractivity contribution < 1.29 is 27.9 Å². The van der Waals surface area contributed by atoms with E-state index in [1.807, 2.05) is 24.3 Å². The molecular weight excluding hydrogens is 416 g/mol. The Kier molecular flexibility index (Phi) is 6.84. The lowest BCUT2D eigenvalue weighted by Gasteiger charge is -2.25. The van der Waals surface area contributed by atoms with Crippen LogP contribution >= 0.6 is 11.8 Å². The van der Waals surface area contributed by atoms with E-state index in [0.29, 0.717) is 23.2 Å². The number of hydrogen-bond acceptors (Lipinski definition) is 6. The number of fused-ring (bicyclic) bond motifs is 1. The van der Waals surface area contributed by atoms with Crippen molar-refractivity contribution in [2.24, 2.45) is 4.99 Å². The molecule has 2 aliphatic rings. The van der Waals surface area contributed by atoms with Gasteiger partial charge in [-0.15, -0.1) is 0 Å². The number of rotatable bonds is 8. The quantitative estimate of drug-likeness (QED) is 0.613. The first-order valence-corrected chi connectivity index (χ1v) is 12.2. The molecule has 1 aromatic carbocycles. The summed E-state index contributed by atoms with van der Waals surface area (Å²) in [5.74, 6) is -0.892. The summed E-state index contributed by atoms with van der Waals surface area (Å²) < 4.78 is 30.0. The van der Waals surface area contributed by atoms with E-state index in [0.717, 1.165) is 12.8 Å². The van der Waals surface area contributed by atoms with Crippen LogP contribution < -0.4 is 9.64 Å². The Morgan fingerprint density at radius 3 is 2.83 bits per heavy atom. The molecule has 0 unspecified atom stereocenters. The van der Waals surface area contributed by atoms with Crippen LogP contribution in [0.25, 0.3) is 0 Å². The Labute approximate surface area is 174 Å². The highest BCUT2D eigenvalue weighted by molar-refractivity contribution is 8.16. The number of carbonyl (C=O) groups is 2. The van der Waals surface area contributed by atoms with E-state index in [2.05, 4.69) is 11.9 Å². The minimum atomic E-state index is -3.16. The number of carboxylic acid groups (broad SMARTS) is 1. The number of carboxylic acids is 1. The van der Waals surface area contributed by atoms with Gasteiger partial charge in [0.1, 0.15) is 5.75 Å². The number of amides is 1. The van der Waals surface area contributed by atoms with E-state index in [1.165, 1.54) is 11.8 Å². The molecule has 0 spiro atoms. The SMILES string of the molecule is CCCCOc1cccc(N2C(=NC(=O)CCC(=O)O)S[C@@H]3CS(=O)(=O)C[C@@H]32)c1. The van der Waals surface area contributed by atoms with Gasteiger partial charge in [-0.05, 0) is 18.6 Å². The lowest BCUT2D eigenvalue weighted by atomic mass is 10.2. The number of unbranched alkanes of at least 4 members (excludes halogenated alkanes) is 1. The van der Waals surface area contributed by atoms with Gasteiger partial charge in [0.2, 0.25) is 5.91 Å². The minimum Gasteiger partial charge on any atom is -0.494 e. The third-order valence-electron chi connectivity index (χ3n) is 4.70. The highest BCUT2D eigenvalue weighted by Gasteiger charge is 2.49. The Balaban J connectivity index is 1.87. The third-order valence-corrected chi connectivity index (χ3v) is 7.91. The van der Waals surface area contributed by atoms with E-state index < -0.39 is 21.7 Å². The molecule has 0 bridgehead atoms. The molecule has 1 N–H and O–H groups in total. The van der Waals surface area contributed by atoms with Crippen molar-refractivity contribution in [3.8, 4) is 5.75 Å². The number of ether oxygens (including phenoxy) is 1. The highest BCUT2D eigenvalue weighted by atomic mass is 32.2. The second-order valence-electron chi connectivity index (χ2n) is 7.05. The molecule has 3 rings (SSSR count).